The number of benzene rings is 3. The Balaban J connectivity index is 1.74. The fourth-order valence-electron chi connectivity index (χ4n) is 3.60. The Kier molecular flexibility index (Phi) is 5.49. The number of nitrogens with one attached hydrogen (secondary N) is 1. The van der Waals surface area contributed by atoms with Gasteiger partial charge in [-0.25, -0.2) is 4.90 Å². The molecule has 0 unspecified atom stereocenters. The molecule has 0 saturated heterocycles. The van der Waals surface area contributed by atoms with Crippen LogP contribution in [-0.4, -0.2) is 36.9 Å². The Morgan fingerprint density at radius 2 is 1.73 bits per heavy atom. The highest BCUT2D eigenvalue weighted by atomic mass is 16.6. The molecule has 3 amide bonds. The van der Waals surface area contributed by atoms with Gasteiger partial charge in [0.25, 0.3) is 23.4 Å². The summed E-state index contributed by atoms with van der Waals surface area (Å²) in [6, 6.07) is 14.6. The van der Waals surface area contributed by atoms with E-state index >= 15 is 0 Å². The van der Waals surface area contributed by atoms with Gasteiger partial charge in [-0.05, 0) is 30.3 Å². The van der Waals surface area contributed by atoms with Crippen LogP contribution < -0.4 is 19.7 Å². The van der Waals surface area contributed by atoms with Crippen molar-refractivity contribution in [3.8, 4) is 11.5 Å². The average Bonchev–Trinajstić information content (AvgIpc) is 3.08. The number of nitro benzene ring substituents is 1. The number of ether oxygens (including phenoxy) is 2. The third-order valence-electron chi connectivity index (χ3n) is 5.13. The molecule has 0 bridgehead atoms. The summed E-state index contributed by atoms with van der Waals surface area (Å²) in [5, 5.41) is 14.1. The number of para-hydroxylation sites is 1. The Morgan fingerprint density at radius 3 is 2.42 bits per heavy atom. The van der Waals surface area contributed by atoms with Crippen LogP contribution in [0.25, 0.3) is 0 Å². The maximum Gasteiger partial charge on any atom is 0.283 e. The third kappa shape index (κ3) is 3.63. The standard InChI is InChI=1S/C23H17N3O7/c1-32-13-10-11-19(33-2)16(12-13)24-21(27)14-6-3-4-8-17(14)25-22(28)15-7-5-9-18(26(30)31)20(15)23(25)29/h3-12H,1-2H3,(H,24,27). The lowest BCUT2D eigenvalue weighted by Crippen LogP contribution is -2.31. The van der Waals surface area contributed by atoms with Crippen LogP contribution in [0.1, 0.15) is 31.1 Å². The van der Waals surface area contributed by atoms with Crippen molar-refractivity contribution in [3.05, 3.63) is 87.5 Å². The second kappa shape index (κ2) is 8.42. The lowest BCUT2D eigenvalue weighted by atomic mass is 10.1. The molecule has 1 N–H and O–H groups in total. The average molecular weight is 447 g/mol. The van der Waals surface area contributed by atoms with Gasteiger partial charge in [0.2, 0.25) is 0 Å². The molecule has 0 aliphatic carbocycles. The third-order valence-corrected chi connectivity index (χ3v) is 5.13. The minimum Gasteiger partial charge on any atom is -0.497 e. The molecule has 0 atom stereocenters. The molecule has 0 spiro atoms. The van der Waals surface area contributed by atoms with Gasteiger partial charge in [0.15, 0.2) is 0 Å². The van der Waals surface area contributed by atoms with Gasteiger partial charge < -0.3 is 14.8 Å². The maximum atomic E-state index is 13.2. The van der Waals surface area contributed by atoms with E-state index in [1.54, 1.807) is 30.3 Å². The van der Waals surface area contributed by atoms with Crippen LogP contribution in [-0.2, 0) is 0 Å². The van der Waals surface area contributed by atoms with Crippen LogP contribution in [0.15, 0.2) is 60.7 Å². The first-order valence-electron chi connectivity index (χ1n) is 9.66. The molecule has 0 aromatic heterocycles. The van der Waals surface area contributed by atoms with Gasteiger partial charge in [0.1, 0.15) is 17.1 Å². The summed E-state index contributed by atoms with van der Waals surface area (Å²) < 4.78 is 10.5. The van der Waals surface area contributed by atoms with Crippen LogP contribution in [0.5, 0.6) is 11.5 Å². The van der Waals surface area contributed by atoms with Crippen LogP contribution in [0.2, 0.25) is 0 Å². The zero-order chi connectivity index (χ0) is 23.7. The fraction of sp³-hybridized carbons (Fsp3) is 0.0870. The number of hydrogen-bond donors (Lipinski definition) is 1. The normalized spacial score (nSPS) is 12.4. The molecular formula is C23H17N3O7. The van der Waals surface area contributed by atoms with Crippen LogP contribution in [0.3, 0.4) is 0 Å². The molecule has 33 heavy (non-hydrogen) atoms. The molecule has 1 heterocycles. The zero-order valence-electron chi connectivity index (χ0n) is 17.5. The van der Waals surface area contributed by atoms with Crippen molar-refractivity contribution < 1.29 is 28.8 Å². The van der Waals surface area contributed by atoms with Crippen molar-refractivity contribution in [2.45, 2.75) is 0 Å². The number of carbonyl (C=O) groups excluding carboxylic acids is 3. The Bertz CT molecular complexity index is 1320. The number of hydrogen-bond acceptors (Lipinski definition) is 7. The van der Waals surface area contributed by atoms with E-state index in [1.165, 1.54) is 38.5 Å². The van der Waals surface area contributed by atoms with E-state index < -0.39 is 28.3 Å². The number of anilines is 2. The topological polar surface area (TPSA) is 128 Å². The van der Waals surface area contributed by atoms with Gasteiger partial charge >= 0.3 is 0 Å². The van der Waals surface area contributed by atoms with Crippen LogP contribution in [0, 0.1) is 10.1 Å². The van der Waals surface area contributed by atoms with Crippen molar-refractivity contribution in [1.29, 1.82) is 0 Å². The molecular weight excluding hydrogens is 430 g/mol. The summed E-state index contributed by atoms with van der Waals surface area (Å²) in [7, 11) is 2.92. The van der Waals surface area contributed by atoms with Gasteiger partial charge in [-0.3, -0.25) is 24.5 Å². The predicted molar refractivity (Wildman–Crippen MR) is 118 cm³/mol. The predicted octanol–water partition coefficient (Wildman–Crippen LogP) is 3.66. The highest BCUT2D eigenvalue weighted by Gasteiger charge is 2.42. The summed E-state index contributed by atoms with van der Waals surface area (Å²) in [5.41, 5.74) is -0.556. The number of amides is 3. The molecule has 0 fully saturated rings. The van der Waals surface area contributed by atoms with Crippen LogP contribution >= 0.6 is 0 Å². The second-order valence-electron chi connectivity index (χ2n) is 6.94. The molecule has 10 nitrogen and oxygen atoms in total. The highest BCUT2D eigenvalue weighted by molar-refractivity contribution is 6.36. The zero-order valence-corrected chi connectivity index (χ0v) is 17.5. The van der Waals surface area contributed by atoms with Crippen molar-refractivity contribution in [2.24, 2.45) is 0 Å². The Labute approximate surface area is 187 Å². The fourth-order valence-corrected chi connectivity index (χ4v) is 3.60. The lowest BCUT2D eigenvalue weighted by Gasteiger charge is -2.18. The summed E-state index contributed by atoms with van der Waals surface area (Å²) in [4.78, 5) is 50.7. The molecule has 3 aromatic rings. The molecule has 3 aromatic carbocycles. The number of methoxy groups -OCH3 is 2. The van der Waals surface area contributed by atoms with Gasteiger partial charge in [0.05, 0.1) is 41.6 Å². The monoisotopic (exact) mass is 447 g/mol. The minimum absolute atomic E-state index is 0.00244. The molecule has 4 rings (SSSR count). The first-order valence-corrected chi connectivity index (χ1v) is 9.66. The number of rotatable bonds is 6. The van der Waals surface area contributed by atoms with E-state index in [2.05, 4.69) is 5.32 Å². The van der Waals surface area contributed by atoms with Crippen molar-refractivity contribution in [1.82, 2.24) is 0 Å². The molecule has 1 aliphatic rings. The van der Waals surface area contributed by atoms with E-state index in [-0.39, 0.29) is 22.4 Å². The van der Waals surface area contributed by atoms with E-state index in [1.807, 2.05) is 0 Å². The molecule has 10 heteroatoms. The van der Waals surface area contributed by atoms with E-state index in [0.717, 1.165) is 11.0 Å². The summed E-state index contributed by atoms with van der Waals surface area (Å²) in [5.74, 6) is -1.40. The number of fused-ring (bicyclic) bond motifs is 1. The minimum atomic E-state index is -0.874. The molecule has 0 radical (unpaired) electrons. The van der Waals surface area contributed by atoms with Gasteiger partial charge in [-0.15, -0.1) is 0 Å². The van der Waals surface area contributed by atoms with Crippen molar-refractivity contribution >= 4 is 34.8 Å². The first kappa shape index (κ1) is 21.5. The summed E-state index contributed by atoms with van der Waals surface area (Å²) in [6.07, 6.45) is 0. The van der Waals surface area contributed by atoms with Crippen LogP contribution in [0.4, 0.5) is 17.1 Å². The number of nitro groups is 1. The van der Waals surface area contributed by atoms with E-state index in [0.29, 0.717) is 17.2 Å². The maximum absolute atomic E-state index is 13.2. The largest absolute Gasteiger partial charge is 0.497 e. The molecule has 0 saturated carbocycles. The van der Waals surface area contributed by atoms with Crippen molar-refractivity contribution in [3.63, 3.8) is 0 Å². The molecule has 166 valence electrons. The summed E-state index contributed by atoms with van der Waals surface area (Å²) in [6.45, 7) is 0. The van der Waals surface area contributed by atoms with Gasteiger partial charge in [0, 0.05) is 12.1 Å². The number of nitrogens with zero attached hydrogens (tertiary/aromatic N) is 2. The highest BCUT2D eigenvalue weighted by Crippen LogP contribution is 2.36. The van der Waals surface area contributed by atoms with E-state index in [9.17, 15) is 24.5 Å². The Hall–Kier alpha value is -4.73. The van der Waals surface area contributed by atoms with E-state index in [4.69, 9.17) is 9.47 Å². The smallest absolute Gasteiger partial charge is 0.283 e. The summed E-state index contributed by atoms with van der Waals surface area (Å²) >= 11 is 0. The quantitative estimate of drug-likeness (QED) is 0.347. The second-order valence-corrected chi connectivity index (χ2v) is 6.94. The first-order chi connectivity index (χ1) is 15.9. The molecule has 1 aliphatic heterocycles. The SMILES string of the molecule is COc1ccc(OC)c(NC(=O)c2ccccc2N2C(=O)c3cccc([N+](=O)[O-])c3C2=O)c1. The van der Waals surface area contributed by atoms with Gasteiger partial charge in [-0.1, -0.05) is 18.2 Å². The number of carbonyl (C=O) groups is 3. The van der Waals surface area contributed by atoms with Gasteiger partial charge in [-0.2, -0.15) is 0 Å². The Morgan fingerprint density at radius 1 is 0.970 bits per heavy atom. The lowest BCUT2D eigenvalue weighted by molar-refractivity contribution is -0.385. The van der Waals surface area contributed by atoms with Crippen molar-refractivity contribution in [2.75, 3.05) is 24.4 Å². The number of imide groups is 1.